The van der Waals surface area contributed by atoms with Gasteiger partial charge in [0.05, 0.1) is 34.2 Å². The SMILES string of the molecule is COc1ccc(S(=O)(=O)Nc2ccc(Cl)c(N3CCCS3(=O)=O)c2)cc1. The third kappa shape index (κ3) is 3.74. The van der Waals surface area contributed by atoms with Gasteiger partial charge in [-0.1, -0.05) is 11.6 Å². The fourth-order valence-electron chi connectivity index (χ4n) is 2.65. The molecular weight excluding hydrogens is 400 g/mol. The van der Waals surface area contributed by atoms with Crippen molar-refractivity contribution in [2.45, 2.75) is 11.3 Å². The first-order valence-electron chi connectivity index (χ1n) is 7.70. The molecule has 0 spiro atoms. The zero-order valence-corrected chi connectivity index (χ0v) is 16.2. The van der Waals surface area contributed by atoms with Crippen molar-refractivity contribution in [3.63, 3.8) is 0 Å². The number of sulfonamides is 2. The van der Waals surface area contributed by atoms with Gasteiger partial charge in [0, 0.05) is 6.54 Å². The van der Waals surface area contributed by atoms with Crippen LogP contribution in [0.3, 0.4) is 0 Å². The fraction of sp³-hybridized carbons (Fsp3) is 0.250. The molecule has 1 heterocycles. The molecule has 7 nitrogen and oxygen atoms in total. The second-order valence-corrected chi connectivity index (χ2v) is 9.79. The Hall–Kier alpha value is -1.97. The van der Waals surface area contributed by atoms with Crippen molar-refractivity contribution in [2.75, 3.05) is 28.4 Å². The van der Waals surface area contributed by atoms with E-state index in [4.69, 9.17) is 16.3 Å². The topological polar surface area (TPSA) is 92.8 Å². The largest absolute Gasteiger partial charge is 0.497 e. The Labute approximate surface area is 157 Å². The lowest BCUT2D eigenvalue weighted by Gasteiger charge is -2.19. The fourth-order valence-corrected chi connectivity index (χ4v) is 5.54. The molecule has 3 rings (SSSR count). The van der Waals surface area contributed by atoms with Crippen LogP contribution < -0.4 is 13.8 Å². The first-order valence-corrected chi connectivity index (χ1v) is 11.2. The molecular formula is C16H17ClN2O5S2. The number of anilines is 2. The van der Waals surface area contributed by atoms with E-state index in [0.29, 0.717) is 18.7 Å². The van der Waals surface area contributed by atoms with Crippen LogP contribution in [0.15, 0.2) is 47.4 Å². The van der Waals surface area contributed by atoms with Gasteiger partial charge in [-0.25, -0.2) is 16.8 Å². The van der Waals surface area contributed by atoms with Gasteiger partial charge in [-0.15, -0.1) is 0 Å². The van der Waals surface area contributed by atoms with E-state index < -0.39 is 20.0 Å². The molecule has 2 aromatic rings. The molecule has 1 aliphatic rings. The molecule has 2 aromatic carbocycles. The number of benzene rings is 2. The Morgan fingerprint density at radius 1 is 1.15 bits per heavy atom. The summed E-state index contributed by atoms with van der Waals surface area (Å²) in [5.74, 6) is 0.586. The minimum atomic E-state index is -3.84. The smallest absolute Gasteiger partial charge is 0.261 e. The number of nitrogens with one attached hydrogen (secondary N) is 1. The molecule has 10 heteroatoms. The quantitative estimate of drug-likeness (QED) is 0.808. The van der Waals surface area contributed by atoms with E-state index in [1.165, 1.54) is 41.7 Å². The van der Waals surface area contributed by atoms with Gasteiger partial charge in [-0.3, -0.25) is 9.03 Å². The third-order valence-corrected chi connectivity index (χ3v) is 7.51. The van der Waals surface area contributed by atoms with Crippen LogP contribution in [0.25, 0.3) is 0 Å². The van der Waals surface area contributed by atoms with E-state index in [1.807, 2.05) is 0 Å². The lowest BCUT2D eigenvalue weighted by atomic mass is 10.3. The van der Waals surface area contributed by atoms with Crippen LogP contribution in [0.4, 0.5) is 11.4 Å². The number of hydrogen-bond acceptors (Lipinski definition) is 5. The molecule has 0 radical (unpaired) electrons. The summed E-state index contributed by atoms with van der Waals surface area (Å²) in [5.41, 5.74) is 0.487. The van der Waals surface area contributed by atoms with Crippen LogP contribution in [-0.2, 0) is 20.0 Å². The summed E-state index contributed by atoms with van der Waals surface area (Å²) in [6.07, 6.45) is 0.500. The number of ether oxygens (including phenoxy) is 1. The Morgan fingerprint density at radius 2 is 1.85 bits per heavy atom. The van der Waals surface area contributed by atoms with Crippen LogP contribution in [0.2, 0.25) is 5.02 Å². The number of hydrogen-bond donors (Lipinski definition) is 1. The second kappa shape index (κ2) is 6.98. The lowest BCUT2D eigenvalue weighted by Crippen LogP contribution is -2.25. The van der Waals surface area contributed by atoms with Gasteiger partial charge in [-0.05, 0) is 48.9 Å². The van der Waals surface area contributed by atoms with Crippen molar-refractivity contribution in [1.29, 1.82) is 0 Å². The Bertz CT molecular complexity index is 1020. The van der Waals surface area contributed by atoms with Gasteiger partial charge in [0.15, 0.2) is 0 Å². The molecule has 140 valence electrons. The summed E-state index contributed by atoms with van der Waals surface area (Å²) in [6.45, 7) is 0.316. The number of nitrogens with zero attached hydrogens (tertiary/aromatic N) is 1. The summed E-state index contributed by atoms with van der Waals surface area (Å²) in [6, 6.07) is 10.3. The Kier molecular flexibility index (Phi) is 5.05. The molecule has 0 aliphatic carbocycles. The van der Waals surface area contributed by atoms with E-state index in [-0.39, 0.29) is 27.0 Å². The first-order chi connectivity index (χ1) is 12.2. The maximum atomic E-state index is 12.5. The van der Waals surface area contributed by atoms with Crippen LogP contribution in [0.1, 0.15) is 6.42 Å². The molecule has 0 unspecified atom stereocenters. The predicted molar refractivity (Wildman–Crippen MR) is 101 cm³/mol. The van der Waals surface area contributed by atoms with Crippen molar-refractivity contribution in [2.24, 2.45) is 0 Å². The van der Waals surface area contributed by atoms with Gasteiger partial charge < -0.3 is 4.74 Å². The minimum Gasteiger partial charge on any atom is -0.497 e. The molecule has 0 amide bonds. The predicted octanol–water partition coefficient (Wildman–Crippen LogP) is 2.69. The lowest BCUT2D eigenvalue weighted by molar-refractivity contribution is 0.414. The maximum Gasteiger partial charge on any atom is 0.261 e. The highest BCUT2D eigenvalue weighted by Crippen LogP contribution is 2.34. The first kappa shape index (κ1) is 18.8. The maximum absolute atomic E-state index is 12.5. The van der Waals surface area contributed by atoms with Gasteiger partial charge >= 0.3 is 0 Å². The molecule has 1 fully saturated rings. The molecule has 1 N–H and O–H groups in total. The summed E-state index contributed by atoms with van der Waals surface area (Å²) in [4.78, 5) is 0.0589. The standard InChI is InChI=1S/C16H17ClN2O5S2/c1-24-13-4-6-14(7-5-13)26(22,23)18-12-3-8-15(17)16(11-12)19-9-2-10-25(19,20)21/h3-8,11,18H,2,9-10H2,1H3. The molecule has 0 bridgehead atoms. The summed E-state index contributed by atoms with van der Waals surface area (Å²) >= 11 is 6.13. The van der Waals surface area contributed by atoms with E-state index in [0.717, 1.165) is 0 Å². The molecule has 1 aliphatic heterocycles. The van der Waals surface area contributed by atoms with Crippen molar-refractivity contribution < 1.29 is 21.6 Å². The van der Waals surface area contributed by atoms with E-state index in [9.17, 15) is 16.8 Å². The zero-order valence-electron chi connectivity index (χ0n) is 13.8. The zero-order chi connectivity index (χ0) is 18.9. The van der Waals surface area contributed by atoms with E-state index in [1.54, 1.807) is 12.1 Å². The van der Waals surface area contributed by atoms with Crippen LogP contribution in [0.5, 0.6) is 5.75 Å². The van der Waals surface area contributed by atoms with Gasteiger partial charge in [0.2, 0.25) is 10.0 Å². The number of rotatable bonds is 5. The average molecular weight is 417 g/mol. The Balaban J connectivity index is 1.91. The molecule has 0 saturated carbocycles. The van der Waals surface area contributed by atoms with E-state index in [2.05, 4.69) is 4.72 Å². The minimum absolute atomic E-state index is 0.0468. The highest BCUT2D eigenvalue weighted by Gasteiger charge is 2.30. The van der Waals surface area contributed by atoms with Crippen LogP contribution >= 0.6 is 11.6 Å². The van der Waals surface area contributed by atoms with Gasteiger partial charge in [0.25, 0.3) is 10.0 Å². The van der Waals surface area contributed by atoms with Crippen molar-refractivity contribution in [3.8, 4) is 5.75 Å². The average Bonchev–Trinajstić information content (AvgIpc) is 2.95. The van der Waals surface area contributed by atoms with Crippen molar-refractivity contribution in [1.82, 2.24) is 0 Å². The number of methoxy groups -OCH3 is 1. The molecule has 0 atom stereocenters. The summed E-state index contributed by atoms with van der Waals surface area (Å²) < 4.78 is 57.9. The summed E-state index contributed by atoms with van der Waals surface area (Å²) in [5, 5.41) is 0.239. The van der Waals surface area contributed by atoms with Gasteiger partial charge in [-0.2, -0.15) is 0 Å². The van der Waals surface area contributed by atoms with E-state index >= 15 is 0 Å². The highest BCUT2D eigenvalue weighted by atomic mass is 35.5. The van der Waals surface area contributed by atoms with Crippen molar-refractivity contribution in [3.05, 3.63) is 47.5 Å². The normalized spacial score (nSPS) is 16.5. The second-order valence-electron chi connectivity index (χ2n) is 5.69. The third-order valence-electron chi connectivity index (χ3n) is 3.94. The van der Waals surface area contributed by atoms with Crippen LogP contribution in [-0.4, -0.2) is 36.2 Å². The van der Waals surface area contributed by atoms with Gasteiger partial charge in [0.1, 0.15) is 5.75 Å². The monoisotopic (exact) mass is 416 g/mol. The molecule has 26 heavy (non-hydrogen) atoms. The van der Waals surface area contributed by atoms with Crippen molar-refractivity contribution >= 4 is 43.0 Å². The highest BCUT2D eigenvalue weighted by molar-refractivity contribution is 7.93. The molecule has 0 aromatic heterocycles. The Morgan fingerprint density at radius 3 is 2.42 bits per heavy atom. The number of halogens is 1. The molecule has 1 saturated heterocycles. The van der Waals surface area contributed by atoms with Crippen LogP contribution in [0, 0.1) is 0 Å². The summed E-state index contributed by atoms with van der Waals surface area (Å²) in [7, 11) is -5.77.